The Morgan fingerprint density at radius 1 is 1.15 bits per heavy atom. The van der Waals surface area contributed by atoms with Crippen molar-refractivity contribution in [2.75, 3.05) is 26.2 Å². The molecule has 0 spiro atoms. The van der Waals surface area contributed by atoms with Crippen molar-refractivity contribution in [3.63, 3.8) is 0 Å². The molecule has 1 N–H and O–H groups in total. The van der Waals surface area contributed by atoms with Gasteiger partial charge < -0.3 is 14.6 Å². The van der Waals surface area contributed by atoms with Crippen molar-refractivity contribution in [3.05, 3.63) is 72.8 Å². The number of aromatic nitrogens is 4. The molecular weight excluding hydrogens is 416 g/mol. The third-order valence-corrected chi connectivity index (χ3v) is 5.96. The number of hydrogen-bond acceptors (Lipinski definition) is 6. The van der Waals surface area contributed by atoms with Gasteiger partial charge in [0.2, 0.25) is 5.91 Å². The van der Waals surface area contributed by atoms with E-state index in [1.54, 1.807) is 18.7 Å². The van der Waals surface area contributed by atoms with Crippen molar-refractivity contribution in [1.29, 1.82) is 0 Å². The molecule has 3 aromatic heterocycles. The van der Waals surface area contributed by atoms with Crippen molar-refractivity contribution in [2.45, 2.75) is 32.9 Å². The molecule has 0 unspecified atom stereocenters. The minimum absolute atomic E-state index is 0.0569. The molecule has 1 fully saturated rings. The van der Waals surface area contributed by atoms with Crippen LogP contribution in [0.1, 0.15) is 24.1 Å². The van der Waals surface area contributed by atoms with Gasteiger partial charge in [-0.3, -0.25) is 19.7 Å². The highest BCUT2D eigenvalue weighted by Crippen LogP contribution is 2.25. The summed E-state index contributed by atoms with van der Waals surface area (Å²) in [7, 11) is 0. The number of nitrogens with one attached hydrogen (secondary N) is 1. The quantitative estimate of drug-likeness (QED) is 0.480. The maximum atomic E-state index is 13.0. The summed E-state index contributed by atoms with van der Waals surface area (Å²) in [6.45, 7) is 6.48. The summed E-state index contributed by atoms with van der Waals surface area (Å²) in [5, 5.41) is 3.14. The normalized spacial score (nSPS) is 18.7. The average Bonchev–Trinajstić information content (AvgIpc) is 3.35. The zero-order valence-corrected chi connectivity index (χ0v) is 19.1. The van der Waals surface area contributed by atoms with E-state index in [2.05, 4.69) is 25.2 Å². The van der Waals surface area contributed by atoms with Crippen molar-refractivity contribution < 1.29 is 9.53 Å². The lowest BCUT2D eigenvalue weighted by Gasteiger charge is -2.37. The minimum atomic E-state index is -0.0569. The standard InChI is InChI=1S/C25H32N6O2/c1-20-3-4-24(14-29-20)33-18-22-13-23(17-31(16-22)15-21-5-8-26-9-6-21)25(32)28-7-2-11-30-12-10-27-19-30/h3-6,8-10,12,14,19,22-23H,2,7,11,13,15-18H2,1H3,(H,28,32)/t22-,23+/m0/s1. The first-order valence-corrected chi connectivity index (χ1v) is 11.6. The molecule has 174 valence electrons. The highest BCUT2D eigenvalue weighted by atomic mass is 16.5. The van der Waals surface area contributed by atoms with Crippen molar-refractivity contribution >= 4 is 5.91 Å². The second-order valence-corrected chi connectivity index (χ2v) is 8.74. The minimum Gasteiger partial charge on any atom is -0.492 e. The van der Waals surface area contributed by atoms with Gasteiger partial charge in [0.15, 0.2) is 0 Å². The Balaban J connectivity index is 1.33. The van der Waals surface area contributed by atoms with Gasteiger partial charge in [0.05, 0.1) is 25.0 Å². The fraction of sp³-hybridized carbons (Fsp3) is 0.440. The van der Waals surface area contributed by atoms with E-state index >= 15 is 0 Å². The number of amides is 1. The molecule has 1 aliphatic rings. The summed E-state index contributed by atoms with van der Waals surface area (Å²) >= 11 is 0. The molecule has 33 heavy (non-hydrogen) atoms. The number of nitrogens with zero attached hydrogens (tertiary/aromatic N) is 5. The van der Waals surface area contributed by atoms with Crippen molar-refractivity contribution in [1.82, 2.24) is 29.7 Å². The van der Waals surface area contributed by atoms with Gasteiger partial charge in [-0.25, -0.2) is 4.98 Å². The number of likely N-dealkylation sites (tertiary alicyclic amines) is 1. The topological polar surface area (TPSA) is 85.2 Å². The second-order valence-electron chi connectivity index (χ2n) is 8.74. The first kappa shape index (κ1) is 22.9. The van der Waals surface area contributed by atoms with Crippen LogP contribution in [0.25, 0.3) is 0 Å². The van der Waals surface area contributed by atoms with E-state index in [9.17, 15) is 4.79 Å². The number of ether oxygens (including phenoxy) is 1. The number of pyridine rings is 2. The fourth-order valence-electron chi connectivity index (χ4n) is 4.28. The molecule has 1 amide bonds. The van der Waals surface area contributed by atoms with Crippen LogP contribution in [-0.4, -0.2) is 56.6 Å². The Bertz CT molecular complexity index is 978. The Morgan fingerprint density at radius 3 is 2.79 bits per heavy atom. The van der Waals surface area contributed by atoms with Gasteiger partial charge in [0, 0.05) is 69.1 Å². The predicted molar refractivity (Wildman–Crippen MR) is 125 cm³/mol. The first-order valence-electron chi connectivity index (χ1n) is 11.6. The van der Waals surface area contributed by atoms with E-state index in [0.29, 0.717) is 13.2 Å². The Morgan fingerprint density at radius 2 is 2.03 bits per heavy atom. The second kappa shape index (κ2) is 11.6. The molecule has 4 rings (SSSR count). The lowest BCUT2D eigenvalue weighted by atomic mass is 9.88. The number of hydrogen-bond donors (Lipinski definition) is 1. The number of carbonyl (C=O) groups is 1. The molecular formula is C25H32N6O2. The Hall–Kier alpha value is -3.26. The first-order chi connectivity index (χ1) is 16.2. The highest BCUT2D eigenvalue weighted by Gasteiger charge is 2.32. The van der Waals surface area contributed by atoms with Gasteiger partial charge in [-0.05, 0) is 49.6 Å². The van der Waals surface area contributed by atoms with E-state index in [-0.39, 0.29) is 17.7 Å². The van der Waals surface area contributed by atoms with Crippen molar-refractivity contribution in [2.24, 2.45) is 11.8 Å². The van der Waals surface area contributed by atoms with Crippen LogP contribution in [0, 0.1) is 18.8 Å². The average molecular weight is 449 g/mol. The number of aryl methyl sites for hydroxylation is 2. The lowest BCUT2D eigenvalue weighted by molar-refractivity contribution is -0.127. The monoisotopic (exact) mass is 448 g/mol. The predicted octanol–water partition coefficient (Wildman–Crippen LogP) is 2.71. The molecule has 3 aromatic rings. The molecule has 0 saturated carbocycles. The summed E-state index contributed by atoms with van der Waals surface area (Å²) in [5.74, 6) is 1.11. The third kappa shape index (κ3) is 7.12. The number of carbonyl (C=O) groups excluding carboxylic acids is 1. The van der Waals surface area contributed by atoms with Gasteiger partial charge in [-0.15, -0.1) is 0 Å². The Labute approximate surface area is 195 Å². The van der Waals surface area contributed by atoms with Gasteiger partial charge in [0.25, 0.3) is 0 Å². The van der Waals surface area contributed by atoms with Gasteiger partial charge in [0.1, 0.15) is 5.75 Å². The molecule has 0 bridgehead atoms. The molecule has 0 radical (unpaired) electrons. The lowest BCUT2D eigenvalue weighted by Crippen LogP contribution is -2.47. The van der Waals surface area contributed by atoms with Crippen LogP contribution in [0.15, 0.2) is 61.6 Å². The van der Waals surface area contributed by atoms with Crippen molar-refractivity contribution in [3.8, 4) is 5.75 Å². The van der Waals surface area contributed by atoms with Crippen LogP contribution >= 0.6 is 0 Å². The zero-order chi connectivity index (χ0) is 22.9. The van der Waals surface area contributed by atoms with Gasteiger partial charge in [-0.1, -0.05) is 0 Å². The molecule has 8 nitrogen and oxygen atoms in total. The summed E-state index contributed by atoms with van der Waals surface area (Å²) in [4.78, 5) is 27.8. The molecule has 0 aliphatic carbocycles. The van der Waals surface area contributed by atoms with E-state index in [1.165, 1.54) is 5.56 Å². The third-order valence-electron chi connectivity index (χ3n) is 5.96. The van der Waals surface area contributed by atoms with Crippen LogP contribution in [0.5, 0.6) is 5.75 Å². The van der Waals surface area contributed by atoms with Crippen LogP contribution in [-0.2, 0) is 17.9 Å². The SMILES string of the molecule is Cc1ccc(OC[C@H]2C[C@@H](C(=O)NCCCn3ccnc3)CN(Cc3ccncc3)C2)cn1. The molecule has 1 aliphatic heterocycles. The zero-order valence-electron chi connectivity index (χ0n) is 19.1. The highest BCUT2D eigenvalue weighted by molar-refractivity contribution is 5.79. The van der Waals surface area contributed by atoms with Crippen LogP contribution in [0.4, 0.5) is 0 Å². The van der Waals surface area contributed by atoms with Crippen LogP contribution < -0.4 is 10.1 Å². The number of piperidine rings is 1. The number of rotatable bonds is 10. The summed E-state index contributed by atoms with van der Waals surface area (Å²) in [6.07, 6.45) is 12.6. The maximum Gasteiger partial charge on any atom is 0.224 e. The van der Waals surface area contributed by atoms with E-state index in [1.807, 2.05) is 54.3 Å². The molecule has 0 aromatic carbocycles. The maximum absolute atomic E-state index is 13.0. The summed E-state index contributed by atoms with van der Waals surface area (Å²) in [6, 6.07) is 7.96. The van der Waals surface area contributed by atoms with Gasteiger partial charge in [-0.2, -0.15) is 0 Å². The molecule has 2 atom stereocenters. The van der Waals surface area contributed by atoms with E-state index in [0.717, 1.165) is 50.5 Å². The van der Waals surface area contributed by atoms with E-state index in [4.69, 9.17) is 4.74 Å². The summed E-state index contributed by atoms with van der Waals surface area (Å²) < 4.78 is 8.05. The van der Waals surface area contributed by atoms with Crippen LogP contribution in [0.2, 0.25) is 0 Å². The largest absolute Gasteiger partial charge is 0.492 e. The Kier molecular flexibility index (Phi) is 8.03. The van der Waals surface area contributed by atoms with Crippen LogP contribution in [0.3, 0.4) is 0 Å². The fourth-order valence-corrected chi connectivity index (χ4v) is 4.28. The number of imidazole rings is 1. The molecule has 4 heterocycles. The molecule has 8 heteroatoms. The smallest absolute Gasteiger partial charge is 0.224 e. The summed E-state index contributed by atoms with van der Waals surface area (Å²) in [5.41, 5.74) is 2.17. The van der Waals surface area contributed by atoms with Gasteiger partial charge >= 0.3 is 0 Å². The molecule has 1 saturated heterocycles. The van der Waals surface area contributed by atoms with E-state index < -0.39 is 0 Å².